The summed E-state index contributed by atoms with van der Waals surface area (Å²) in [7, 11) is 0. The van der Waals surface area contributed by atoms with E-state index in [4.69, 9.17) is 5.73 Å². The van der Waals surface area contributed by atoms with Crippen molar-refractivity contribution >= 4 is 0 Å². The summed E-state index contributed by atoms with van der Waals surface area (Å²) < 4.78 is 26.7. The molecule has 1 heterocycles. The predicted molar refractivity (Wildman–Crippen MR) is 77.3 cm³/mol. The van der Waals surface area contributed by atoms with E-state index >= 15 is 0 Å². The van der Waals surface area contributed by atoms with Gasteiger partial charge in [0.25, 0.3) is 0 Å². The Morgan fingerprint density at radius 3 is 2.60 bits per heavy atom. The first-order valence-corrected chi connectivity index (χ1v) is 7.45. The number of hydrogen-bond donors (Lipinski definition) is 1. The lowest BCUT2D eigenvalue weighted by molar-refractivity contribution is 0.121. The molecule has 0 amide bonds. The number of likely N-dealkylation sites (tertiary alicyclic amines) is 1. The van der Waals surface area contributed by atoms with Crippen LogP contribution < -0.4 is 5.73 Å². The van der Waals surface area contributed by atoms with Gasteiger partial charge in [0.1, 0.15) is 0 Å². The molecule has 0 saturated carbocycles. The molecular weight excluding hydrogens is 258 g/mol. The molecule has 0 aromatic heterocycles. The molecular formula is C16H24F2N2. The summed E-state index contributed by atoms with van der Waals surface area (Å²) >= 11 is 0. The monoisotopic (exact) mass is 282 g/mol. The van der Waals surface area contributed by atoms with E-state index in [1.807, 2.05) is 0 Å². The molecule has 2 N–H and O–H groups in total. The molecule has 2 nitrogen and oxygen atoms in total. The van der Waals surface area contributed by atoms with Gasteiger partial charge in [-0.05, 0) is 63.4 Å². The van der Waals surface area contributed by atoms with Gasteiger partial charge in [-0.15, -0.1) is 0 Å². The third-order valence-electron chi connectivity index (χ3n) is 4.30. The maximum absolute atomic E-state index is 13.6. The Kier molecular flexibility index (Phi) is 5.11. The summed E-state index contributed by atoms with van der Waals surface area (Å²) in [5.41, 5.74) is 6.78. The van der Waals surface area contributed by atoms with Crippen LogP contribution in [0.3, 0.4) is 0 Å². The van der Waals surface area contributed by atoms with Crippen molar-refractivity contribution in [1.82, 2.24) is 4.90 Å². The molecule has 4 heteroatoms. The van der Waals surface area contributed by atoms with Crippen LogP contribution in [-0.2, 0) is 0 Å². The number of benzene rings is 1. The van der Waals surface area contributed by atoms with Gasteiger partial charge in [0, 0.05) is 12.1 Å². The first kappa shape index (κ1) is 15.4. The van der Waals surface area contributed by atoms with E-state index in [-0.39, 0.29) is 6.04 Å². The predicted octanol–water partition coefficient (Wildman–Crippen LogP) is 3.48. The summed E-state index contributed by atoms with van der Waals surface area (Å²) in [5.74, 6) is -1.27. The van der Waals surface area contributed by atoms with Crippen LogP contribution in [0.5, 0.6) is 0 Å². The van der Waals surface area contributed by atoms with E-state index < -0.39 is 11.6 Å². The Morgan fingerprint density at radius 2 is 2.00 bits per heavy atom. The summed E-state index contributed by atoms with van der Waals surface area (Å²) in [5, 5.41) is 0. The van der Waals surface area contributed by atoms with Crippen LogP contribution in [0.1, 0.15) is 44.7 Å². The van der Waals surface area contributed by atoms with Gasteiger partial charge in [-0.25, -0.2) is 8.78 Å². The minimum absolute atomic E-state index is 0.0811. The zero-order valence-corrected chi connectivity index (χ0v) is 12.3. The fourth-order valence-corrected chi connectivity index (χ4v) is 3.25. The number of rotatable bonds is 3. The Hall–Kier alpha value is -1.00. The highest BCUT2D eigenvalue weighted by Gasteiger charge is 2.32. The van der Waals surface area contributed by atoms with Gasteiger partial charge in [-0.3, -0.25) is 4.90 Å². The van der Waals surface area contributed by atoms with Gasteiger partial charge >= 0.3 is 0 Å². The zero-order valence-electron chi connectivity index (χ0n) is 12.3. The fourth-order valence-electron chi connectivity index (χ4n) is 3.25. The number of nitrogens with two attached hydrogens (primary N) is 1. The van der Waals surface area contributed by atoms with E-state index in [1.165, 1.54) is 12.1 Å². The van der Waals surface area contributed by atoms with Crippen LogP contribution in [0.2, 0.25) is 0 Å². The van der Waals surface area contributed by atoms with Crippen molar-refractivity contribution in [2.24, 2.45) is 11.7 Å². The topological polar surface area (TPSA) is 29.3 Å². The van der Waals surface area contributed by atoms with Crippen LogP contribution in [0.4, 0.5) is 8.78 Å². The highest BCUT2D eigenvalue weighted by atomic mass is 19.2. The Balaban J connectivity index is 2.40. The van der Waals surface area contributed by atoms with E-state index in [2.05, 4.69) is 18.7 Å². The van der Waals surface area contributed by atoms with Gasteiger partial charge in [-0.1, -0.05) is 12.5 Å². The van der Waals surface area contributed by atoms with Crippen molar-refractivity contribution in [3.05, 3.63) is 35.4 Å². The molecule has 0 aliphatic carbocycles. The maximum atomic E-state index is 13.6. The summed E-state index contributed by atoms with van der Waals surface area (Å²) in [6.45, 7) is 5.85. The molecule has 0 radical (unpaired) electrons. The average molecular weight is 282 g/mol. The highest BCUT2D eigenvalue weighted by molar-refractivity contribution is 5.23. The zero-order chi connectivity index (χ0) is 14.7. The first-order chi connectivity index (χ1) is 9.54. The van der Waals surface area contributed by atoms with E-state index in [0.717, 1.165) is 31.4 Å². The third kappa shape index (κ3) is 3.18. The minimum atomic E-state index is -0.789. The second kappa shape index (κ2) is 6.64. The van der Waals surface area contributed by atoms with Crippen LogP contribution in [0.15, 0.2) is 18.2 Å². The Bertz CT molecular complexity index is 448. The molecule has 112 valence electrons. The largest absolute Gasteiger partial charge is 0.330 e. The lowest BCUT2D eigenvalue weighted by Crippen LogP contribution is -2.40. The van der Waals surface area contributed by atoms with Gasteiger partial charge in [0.2, 0.25) is 0 Å². The summed E-state index contributed by atoms with van der Waals surface area (Å²) in [4.78, 5) is 2.37. The van der Waals surface area contributed by atoms with Crippen LogP contribution in [-0.4, -0.2) is 24.0 Å². The second-order valence-corrected chi connectivity index (χ2v) is 5.94. The molecule has 1 saturated heterocycles. The van der Waals surface area contributed by atoms with Crippen molar-refractivity contribution < 1.29 is 8.78 Å². The number of nitrogens with zero attached hydrogens (tertiary/aromatic N) is 1. The molecule has 1 fully saturated rings. The van der Waals surface area contributed by atoms with Crippen molar-refractivity contribution in [3.8, 4) is 0 Å². The Morgan fingerprint density at radius 1 is 1.25 bits per heavy atom. The standard InChI is InChI=1S/C16H24F2N2/c1-11(2)20-8-4-3-5-13(10-19)16(20)12-6-7-14(17)15(18)9-12/h6-7,9,11,13,16H,3-5,8,10,19H2,1-2H3. The quantitative estimate of drug-likeness (QED) is 0.919. The van der Waals surface area contributed by atoms with Crippen LogP contribution in [0.25, 0.3) is 0 Å². The third-order valence-corrected chi connectivity index (χ3v) is 4.30. The molecule has 2 rings (SSSR count). The molecule has 0 spiro atoms. The van der Waals surface area contributed by atoms with E-state index in [1.54, 1.807) is 6.07 Å². The lowest BCUT2D eigenvalue weighted by Gasteiger charge is -2.38. The Labute approximate surface area is 120 Å². The molecule has 2 unspecified atom stereocenters. The van der Waals surface area contributed by atoms with Crippen LogP contribution >= 0.6 is 0 Å². The van der Waals surface area contributed by atoms with Crippen molar-refractivity contribution in [2.45, 2.75) is 45.2 Å². The van der Waals surface area contributed by atoms with Gasteiger partial charge in [0.15, 0.2) is 11.6 Å². The molecule has 20 heavy (non-hydrogen) atoms. The summed E-state index contributed by atoms with van der Waals surface area (Å²) in [6.07, 6.45) is 3.32. The number of hydrogen-bond acceptors (Lipinski definition) is 2. The van der Waals surface area contributed by atoms with Crippen LogP contribution in [0, 0.1) is 17.6 Å². The lowest BCUT2D eigenvalue weighted by atomic mass is 9.88. The number of halogens is 2. The normalized spacial score (nSPS) is 24.9. The minimum Gasteiger partial charge on any atom is -0.330 e. The highest BCUT2D eigenvalue weighted by Crippen LogP contribution is 2.36. The van der Waals surface area contributed by atoms with E-state index in [9.17, 15) is 8.78 Å². The smallest absolute Gasteiger partial charge is 0.159 e. The van der Waals surface area contributed by atoms with Crippen molar-refractivity contribution in [3.63, 3.8) is 0 Å². The van der Waals surface area contributed by atoms with Gasteiger partial charge < -0.3 is 5.73 Å². The maximum Gasteiger partial charge on any atom is 0.159 e. The molecule has 2 atom stereocenters. The first-order valence-electron chi connectivity index (χ1n) is 7.45. The fraction of sp³-hybridized carbons (Fsp3) is 0.625. The molecule has 1 aromatic rings. The van der Waals surface area contributed by atoms with Gasteiger partial charge in [-0.2, -0.15) is 0 Å². The van der Waals surface area contributed by atoms with Crippen molar-refractivity contribution in [1.29, 1.82) is 0 Å². The van der Waals surface area contributed by atoms with Crippen molar-refractivity contribution in [2.75, 3.05) is 13.1 Å². The van der Waals surface area contributed by atoms with E-state index in [0.29, 0.717) is 18.5 Å². The van der Waals surface area contributed by atoms with Gasteiger partial charge in [0.05, 0.1) is 0 Å². The average Bonchev–Trinajstić information content (AvgIpc) is 2.64. The SMILES string of the molecule is CC(C)N1CCCCC(CN)C1c1ccc(F)c(F)c1. The molecule has 1 aliphatic heterocycles. The molecule has 1 aromatic carbocycles. The second-order valence-electron chi connectivity index (χ2n) is 5.94. The summed E-state index contributed by atoms with van der Waals surface area (Å²) in [6, 6.07) is 4.70. The molecule has 0 bridgehead atoms. The molecule has 1 aliphatic rings.